The van der Waals surface area contributed by atoms with Crippen LogP contribution in [0.4, 0.5) is 0 Å². The standard InChI is InChI=1S/C11H16N2O/c1-11(2,3)6-4-10(14)9-5-7-12-13-8-9/h5,7-8H,4,6H2,1-3H3. The number of carbonyl (C=O) groups excluding carboxylic acids is 1. The topological polar surface area (TPSA) is 42.9 Å². The van der Waals surface area contributed by atoms with E-state index in [-0.39, 0.29) is 11.2 Å². The van der Waals surface area contributed by atoms with Gasteiger partial charge in [0.15, 0.2) is 5.78 Å². The van der Waals surface area contributed by atoms with E-state index in [2.05, 4.69) is 31.0 Å². The van der Waals surface area contributed by atoms with Gasteiger partial charge in [-0.25, -0.2) is 0 Å². The van der Waals surface area contributed by atoms with Gasteiger partial charge in [-0.1, -0.05) is 20.8 Å². The number of rotatable bonds is 3. The van der Waals surface area contributed by atoms with Gasteiger partial charge >= 0.3 is 0 Å². The lowest BCUT2D eigenvalue weighted by Gasteiger charge is -2.16. The van der Waals surface area contributed by atoms with Crippen molar-refractivity contribution in [2.75, 3.05) is 0 Å². The quantitative estimate of drug-likeness (QED) is 0.691. The monoisotopic (exact) mass is 192 g/mol. The number of hydrogen-bond donors (Lipinski definition) is 0. The number of nitrogens with zero attached hydrogens (tertiary/aromatic N) is 2. The summed E-state index contributed by atoms with van der Waals surface area (Å²) < 4.78 is 0. The first-order valence-electron chi connectivity index (χ1n) is 4.79. The second-order valence-corrected chi connectivity index (χ2v) is 4.61. The summed E-state index contributed by atoms with van der Waals surface area (Å²) in [7, 11) is 0. The Balaban J connectivity index is 2.52. The summed E-state index contributed by atoms with van der Waals surface area (Å²) in [5.41, 5.74) is 0.861. The maximum absolute atomic E-state index is 11.6. The maximum Gasteiger partial charge on any atom is 0.164 e. The zero-order valence-corrected chi connectivity index (χ0v) is 8.95. The lowest BCUT2D eigenvalue weighted by atomic mass is 9.89. The second kappa shape index (κ2) is 4.31. The molecule has 1 aromatic rings. The van der Waals surface area contributed by atoms with Crippen LogP contribution in [0.1, 0.15) is 44.0 Å². The minimum absolute atomic E-state index is 0.148. The van der Waals surface area contributed by atoms with E-state index in [4.69, 9.17) is 0 Å². The van der Waals surface area contributed by atoms with Gasteiger partial charge in [-0.3, -0.25) is 4.79 Å². The van der Waals surface area contributed by atoms with Gasteiger partial charge in [0.25, 0.3) is 0 Å². The van der Waals surface area contributed by atoms with Gasteiger partial charge in [0.05, 0.1) is 12.4 Å². The van der Waals surface area contributed by atoms with E-state index in [1.165, 1.54) is 6.20 Å². The Hall–Kier alpha value is -1.25. The molecule has 0 N–H and O–H groups in total. The summed E-state index contributed by atoms with van der Waals surface area (Å²) in [6.07, 6.45) is 4.54. The summed E-state index contributed by atoms with van der Waals surface area (Å²) in [5, 5.41) is 7.31. The van der Waals surface area contributed by atoms with Gasteiger partial charge in [-0.2, -0.15) is 10.2 Å². The number of Topliss-reactive ketones (excluding diaryl/α,β-unsaturated/α-hetero) is 1. The van der Waals surface area contributed by atoms with Crippen molar-refractivity contribution in [3.63, 3.8) is 0 Å². The Morgan fingerprint density at radius 1 is 1.36 bits per heavy atom. The van der Waals surface area contributed by atoms with Crippen LogP contribution in [0.2, 0.25) is 0 Å². The smallest absolute Gasteiger partial charge is 0.164 e. The van der Waals surface area contributed by atoms with E-state index in [1.54, 1.807) is 12.3 Å². The van der Waals surface area contributed by atoms with Crippen LogP contribution < -0.4 is 0 Å². The summed E-state index contributed by atoms with van der Waals surface area (Å²) in [4.78, 5) is 11.6. The first-order chi connectivity index (χ1) is 6.49. The fraction of sp³-hybridized carbons (Fsp3) is 0.545. The molecular formula is C11H16N2O. The van der Waals surface area contributed by atoms with Crippen molar-refractivity contribution in [1.82, 2.24) is 10.2 Å². The molecule has 0 radical (unpaired) electrons. The molecule has 0 fully saturated rings. The molecule has 0 aliphatic heterocycles. The molecule has 0 aliphatic rings. The highest BCUT2D eigenvalue weighted by Gasteiger charge is 2.13. The molecule has 3 nitrogen and oxygen atoms in total. The predicted molar refractivity (Wildman–Crippen MR) is 55.1 cm³/mol. The van der Waals surface area contributed by atoms with Crippen molar-refractivity contribution in [2.45, 2.75) is 33.6 Å². The molecule has 1 heterocycles. The molecule has 0 unspecified atom stereocenters. The number of carbonyl (C=O) groups is 1. The van der Waals surface area contributed by atoms with E-state index in [1.807, 2.05) is 0 Å². The Morgan fingerprint density at radius 2 is 2.07 bits per heavy atom. The van der Waals surface area contributed by atoms with Crippen molar-refractivity contribution < 1.29 is 4.79 Å². The lowest BCUT2D eigenvalue weighted by molar-refractivity contribution is 0.0965. The molecule has 3 heteroatoms. The van der Waals surface area contributed by atoms with E-state index in [9.17, 15) is 4.79 Å². The van der Waals surface area contributed by atoms with Gasteiger partial charge < -0.3 is 0 Å². The molecule has 1 aromatic heterocycles. The normalized spacial score (nSPS) is 11.4. The van der Waals surface area contributed by atoms with E-state index < -0.39 is 0 Å². The van der Waals surface area contributed by atoms with Crippen molar-refractivity contribution in [2.24, 2.45) is 5.41 Å². The summed E-state index contributed by atoms with van der Waals surface area (Å²) in [6, 6.07) is 1.71. The minimum atomic E-state index is 0.148. The molecule has 0 bridgehead atoms. The third-order valence-corrected chi connectivity index (χ3v) is 2.01. The summed E-state index contributed by atoms with van der Waals surface area (Å²) in [5.74, 6) is 0.148. The lowest BCUT2D eigenvalue weighted by Crippen LogP contribution is -2.09. The molecule has 0 spiro atoms. The van der Waals surface area contributed by atoms with Gasteiger partial charge in [-0.15, -0.1) is 0 Å². The largest absolute Gasteiger partial charge is 0.294 e. The van der Waals surface area contributed by atoms with Gasteiger partial charge in [0.1, 0.15) is 0 Å². The van der Waals surface area contributed by atoms with Crippen LogP contribution in [0.3, 0.4) is 0 Å². The van der Waals surface area contributed by atoms with Crippen molar-refractivity contribution >= 4 is 5.78 Å². The minimum Gasteiger partial charge on any atom is -0.294 e. The third-order valence-electron chi connectivity index (χ3n) is 2.01. The molecule has 14 heavy (non-hydrogen) atoms. The van der Waals surface area contributed by atoms with E-state index >= 15 is 0 Å². The van der Waals surface area contributed by atoms with Crippen LogP contribution >= 0.6 is 0 Å². The Kier molecular flexibility index (Phi) is 3.33. The van der Waals surface area contributed by atoms with Crippen LogP contribution in [-0.4, -0.2) is 16.0 Å². The van der Waals surface area contributed by atoms with E-state index in [0.717, 1.165) is 6.42 Å². The zero-order chi connectivity index (χ0) is 10.6. The first-order valence-corrected chi connectivity index (χ1v) is 4.79. The van der Waals surface area contributed by atoms with Crippen molar-refractivity contribution in [1.29, 1.82) is 0 Å². The number of hydrogen-bond acceptors (Lipinski definition) is 3. The Labute approximate surface area is 84.6 Å². The van der Waals surface area contributed by atoms with Crippen LogP contribution in [0.25, 0.3) is 0 Å². The molecular weight excluding hydrogens is 176 g/mol. The second-order valence-electron chi connectivity index (χ2n) is 4.61. The van der Waals surface area contributed by atoms with Gasteiger partial charge in [0, 0.05) is 12.0 Å². The zero-order valence-electron chi connectivity index (χ0n) is 8.95. The summed E-state index contributed by atoms with van der Waals surface area (Å²) in [6.45, 7) is 6.39. The van der Waals surface area contributed by atoms with Crippen LogP contribution in [0.5, 0.6) is 0 Å². The molecule has 0 aromatic carbocycles. The van der Waals surface area contributed by atoms with Crippen LogP contribution in [0.15, 0.2) is 18.5 Å². The highest BCUT2D eigenvalue weighted by atomic mass is 16.1. The van der Waals surface area contributed by atoms with E-state index in [0.29, 0.717) is 12.0 Å². The molecule has 0 saturated heterocycles. The molecule has 0 atom stereocenters. The predicted octanol–water partition coefficient (Wildman–Crippen LogP) is 2.49. The fourth-order valence-corrected chi connectivity index (χ4v) is 1.09. The molecule has 1 rings (SSSR count). The average molecular weight is 192 g/mol. The van der Waals surface area contributed by atoms with Crippen molar-refractivity contribution in [3.05, 3.63) is 24.0 Å². The molecule has 0 aliphatic carbocycles. The number of aromatic nitrogens is 2. The van der Waals surface area contributed by atoms with Gasteiger partial charge in [-0.05, 0) is 17.9 Å². The Morgan fingerprint density at radius 3 is 2.57 bits per heavy atom. The third kappa shape index (κ3) is 3.64. The average Bonchev–Trinajstić information content (AvgIpc) is 2.14. The maximum atomic E-state index is 11.6. The molecule has 0 amide bonds. The van der Waals surface area contributed by atoms with Crippen LogP contribution in [0, 0.1) is 5.41 Å². The molecule has 76 valence electrons. The highest BCUT2D eigenvalue weighted by molar-refractivity contribution is 5.95. The van der Waals surface area contributed by atoms with Gasteiger partial charge in [0.2, 0.25) is 0 Å². The SMILES string of the molecule is CC(C)(C)CCC(=O)c1ccnnc1. The first kappa shape index (κ1) is 10.8. The van der Waals surface area contributed by atoms with Crippen molar-refractivity contribution in [3.8, 4) is 0 Å². The van der Waals surface area contributed by atoms with Crippen LogP contribution in [-0.2, 0) is 0 Å². The molecule has 0 saturated carbocycles. The number of ketones is 1. The summed E-state index contributed by atoms with van der Waals surface area (Å²) >= 11 is 0. The Bertz CT molecular complexity index is 301. The highest BCUT2D eigenvalue weighted by Crippen LogP contribution is 2.21. The fourth-order valence-electron chi connectivity index (χ4n) is 1.09.